The lowest BCUT2D eigenvalue weighted by Crippen LogP contribution is -2.58. The molecule has 0 fully saturated rings. The third-order valence-corrected chi connectivity index (χ3v) is 8.05. The minimum absolute atomic E-state index is 0.315. The van der Waals surface area contributed by atoms with Gasteiger partial charge in [0.1, 0.15) is 30.3 Å². The van der Waals surface area contributed by atoms with E-state index < -0.39 is 21.1 Å². The van der Waals surface area contributed by atoms with Crippen LogP contribution < -0.4 is 4.74 Å². The van der Waals surface area contributed by atoms with Crippen LogP contribution >= 0.6 is 0 Å². The lowest BCUT2D eigenvalue weighted by Gasteiger charge is -2.45. The summed E-state index contributed by atoms with van der Waals surface area (Å²) < 4.78 is 41.3. The summed E-state index contributed by atoms with van der Waals surface area (Å²) in [5.41, 5.74) is 2.14. The molecule has 0 aliphatic rings. The van der Waals surface area contributed by atoms with Crippen molar-refractivity contribution in [2.45, 2.75) is 72.4 Å². The smallest absolute Gasteiger partial charge is 0.212 e. The van der Waals surface area contributed by atoms with Crippen molar-refractivity contribution >= 4 is 32.0 Å². The fraction of sp³-hybridized carbons (Fsp3) is 0.448. The Bertz CT molecular complexity index is 1520. The van der Waals surface area contributed by atoms with Gasteiger partial charge < -0.3 is 14.0 Å². The van der Waals surface area contributed by atoms with Crippen LogP contribution in [-0.4, -0.2) is 51.2 Å². The molecule has 8 nitrogen and oxygen atoms in total. The molecule has 0 atom stereocenters. The lowest BCUT2D eigenvalue weighted by molar-refractivity contribution is 0.101. The Balaban J connectivity index is 1.80. The van der Waals surface area contributed by atoms with E-state index in [4.69, 9.17) is 14.5 Å². The number of nitrogens with zero attached hydrogens (tertiary/aromatic N) is 4. The summed E-state index contributed by atoms with van der Waals surface area (Å²) in [7, 11) is -3.50. The van der Waals surface area contributed by atoms with Crippen LogP contribution in [0.25, 0.3) is 21.9 Å². The zero-order valence-corrected chi connectivity index (χ0v) is 24.2. The highest BCUT2D eigenvalue weighted by atomic mass is 32.2. The average molecular weight is 539 g/mol. The summed E-state index contributed by atoms with van der Waals surface area (Å²) in [4.78, 5) is 9.51. The van der Waals surface area contributed by atoms with Crippen LogP contribution in [0.4, 0.5) is 0 Å². The number of aromatic nitrogens is 3. The molecule has 38 heavy (non-hydrogen) atoms. The van der Waals surface area contributed by atoms with Gasteiger partial charge in [0, 0.05) is 35.7 Å². The number of ether oxygens (including phenoxy) is 2. The Kier molecular flexibility index (Phi) is 7.84. The van der Waals surface area contributed by atoms with Crippen molar-refractivity contribution in [3.05, 3.63) is 66.1 Å². The molecule has 0 N–H and O–H groups in total. The van der Waals surface area contributed by atoms with Crippen molar-refractivity contribution in [3.8, 4) is 5.75 Å². The molecule has 9 heteroatoms. The summed E-state index contributed by atoms with van der Waals surface area (Å²) in [5, 5.41) is 0.919. The van der Waals surface area contributed by atoms with Crippen LogP contribution in [0.3, 0.4) is 0 Å². The van der Waals surface area contributed by atoms with Crippen molar-refractivity contribution in [2.24, 2.45) is 0 Å². The zero-order valence-electron chi connectivity index (χ0n) is 23.4. The van der Waals surface area contributed by atoms with Crippen LogP contribution in [0.15, 0.2) is 54.7 Å². The first-order valence-corrected chi connectivity index (χ1v) is 14.7. The first-order chi connectivity index (χ1) is 17.8. The highest BCUT2D eigenvalue weighted by Gasteiger charge is 2.42. The van der Waals surface area contributed by atoms with E-state index in [0.717, 1.165) is 39.1 Å². The Hall–Kier alpha value is -3.01. The van der Waals surface area contributed by atoms with Crippen molar-refractivity contribution in [1.82, 2.24) is 18.8 Å². The van der Waals surface area contributed by atoms with Crippen LogP contribution in [0, 0.1) is 0 Å². The second-order valence-electron chi connectivity index (χ2n) is 11.2. The maximum atomic E-state index is 12.9. The van der Waals surface area contributed by atoms with Crippen LogP contribution in [0.5, 0.6) is 5.75 Å². The molecule has 2 heterocycles. The molecule has 0 aliphatic heterocycles. The van der Waals surface area contributed by atoms with Crippen LogP contribution in [0.2, 0.25) is 0 Å². The van der Waals surface area contributed by atoms with Crippen molar-refractivity contribution in [1.29, 1.82) is 0 Å². The Labute approximate surface area is 225 Å². The van der Waals surface area contributed by atoms with E-state index in [9.17, 15) is 8.42 Å². The maximum absolute atomic E-state index is 12.9. The second-order valence-corrected chi connectivity index (χ2v) is 13.0. The van der Waals surface area contributed by atoms with Crippen LogP contribution in [0.1, 0.15) is 52.9 Å². The molecule has 0 radical (unpaired) electrons. The summed E-state index contributed by atoms with van der Waals surface area (Å²) in [6.45, 7) is 13.3. The molecular formula is C29H38N4O4S. The van der Waals surface area contributed by atoms with E-state index in [1.165, 1.54) is 6.26 Å². The quantitative estimate of drug-likeness (QED) is 0.264. The average Bonchev–Trinajstić information content (AvgIpc) is 3.16. The molecule has 0 spiro atoms. The molecule has 0 saturated carbocycles. The van der Waals surface area contributed by atoms with Gasteiger partial charge in [-0.2, -0.15) is 4.31 Å². The number of sulfonamides is 1. The van der Waals surface area contributed by atoms with Crippen molar-refractivity contribution in [2.75, 3.05) is 12.9 Å². The highest BCUT2D eigenvalue weighted by Crippen LogP contribution is 2.34. The molecule has 0 bridgehead atoms. The van der Waals surface area contributed by atoms with Gasteiger partial charge in [0.25, 0.3) is 0 Å². The molecule has 2 aromatic carbocycles. The molecule has 2 aromatic heterocycles. The minimum atomic E-state index is -3.50. The van der Waals surface area contributed by atoms with E-state index in [2.05, 4.69) is 9.55 Å². The molecule has 204 valence electrons. The predicted molar refractivity (Wildman–Crippen MR) is 152 cm³/mol. The van der Waals surface area contributed by atoms with E-state index in [0.29, 0.717) is 26.4 Å². The van der Waals surface area contributed by atoms with Gasteiger partial charge in [0.05, 0.1) is 23.5 Å². The fourth-order valence-corrected chi connectivity index (χ4v) is 7.40. The summed E-state index contributed by atoms with van der Waals surface area (Å²) >= 11 is 0. The third kappa shape index (κ3) is 6.00. The molecule has 0 unspecified atom stereocenters. The first-order valence-electron chi connectivity index (χ1n) is 12.8. The second kappa shape index (κ2) is 10.6. The third-order valence-electron chi connectivity index (χ3n) is 6.34. The fourth-order valence-electron chi connectivity index (χ4n) is 5.45. The van der Waals surface area contributed by atoms with Gasteiger partial charge in [-0.1, -0.05) is 30.3 Å². The maximum Gasteiger partial charge on any atom is 0.212 e. The van der Waals surface area contributed by atoms with Gasteiger partial charge in [-0.05, 0) is 59.2 Å². The minimum Gasteiger partial charge on any atom is -0.489 e. The number of imidazole rings is 1. The lowest BCUT2D eigenvalue weighted by atomic mass is 9.98. The van der Waals surface area contributed by atoms with Crippen molar-refractivity contribution in [3.63, 3.8) is 0 Å². The normalized spacial score (nSPS) is 13.1. The number of pyridine rings is 1. The SMILES string of the molecule is CCOCc1nc2cnc3cc(OCc4ccccc4)ccc3c2n1CC(C)(C)N(C(C)(C)C)S(C)(=O)=O. The topological polar surface area (TPSA) is 86.6 Å². The summed E-state index contributed by atoms with van der Waals surface area (Å²) in [5.74, 6) is 1.46. The number of benzene rings is 2. The molecule has 0 saturated heterocycles. The van der Waals surface area contributed by atoms with E-state index in [-0.39, 0.29) is 0 Å². The Morgan fingerprint density at radius 2 is 1.68 bits per heavy atom. The van der Waals surface area contributed by atoms with E-state index >= 15 is 0 Å². The molecule has 4 rings (SSSR count). The van der Waals surface area contributed by atoms with Gasteiger partial charge >= 0.3 is 0 Å². The summed E-state index contributed by atoms with van der Waals surface area (Å²) in [6.07, 6.45) is 3.03. The number of fused-ring (bicyclic) bond motifs is 3. The molecule has 0 amide bonds. The van der Waals surface area contributed by atoms with Gasteiger partial charge in [-0.3, -0.25) is 4.98 Å². The number of rotatable bonds is 10. The van der Waals surface area contributed by atoms with E-state index in [1.54, 1.807) is 10.5 Å². The zero-order chi connectivity index (χ0) is 27.7. The Morgan fingerprint density at radius 3 is 2.32 bits per heavy atom. The summed E-state index contributed by atoms with van der Waals surface area (Å²) in [6, 6.07) is 15.9. The molecule has 0 aliphatic carbocycles. The van der Waals surface area contributed by atoms with Crippen LogP contribution in [-0.2, 0) is 34.5 Å². The predicted octanol–water partition coefficient (Wildman–Crippen LogP) is 5.54. The first kappa shape index (κ1) is 28.0. The van der Waals surface area contributed by atoms with E-state index in [1.807, 2.05) is 90.1 Å². The number of hydrogen-bond acceptors (Lipinski definition) is 6. The van der Waals surface area contributed by atoms with Gasteiger partial charge in [0.2, 0.25) is 10.0 Å². The molecular weight excluding hydrogens is 500 g/mol. The monoisotopic (exact) mass is 538 g/mol. The van der Waals surface area contributed by atoms with Crippen molar-refractivity contribution < 1.29 is 17.9 Å². The van der Waals surface area contributed by atoms with Gasteiger partial charge in [-0.25, -0.2) is 13.4 Å². The molecule has 4 aromatic rings. The Morgan fingerprint density at radius 1 is 0.974 bits per heavy atom. The largest absolute Gasteiger partial charge is 0.489 e. The van der Waals surface area contributed by atoms with Gasteiger partial charge in [-0.15, -0.1) is 0 Å². The van der Waals surface area contributed by atoms with Gasteiger partial charge in [0.15, 0.2) is 0 Å². The highest BCUT2D eigenvalue weighted by molar-refractivity contribution is 7.88. The standard InChI is InChI=1S/C29H38N4O4S/c1-8-36-19-26-31-25-17-30-24-16-22(37-18-21-12-10-9-11-13-21)14-15-23(24)27(25)32(26)20-29(5,6)33(28(2,3)4)38(7,34)35/h9-17H,8,18-20H2,1-7H3. The number of hydrogen-bond donors (Lipinski definition) is 0.